The monoisotopic (exact) mass is 458 g/mol. The van der Waals surface area contributed by atoms with Crippen LogP contribution in [0.2, 0.25) is 0 Å². The SMILES string of the molecule is COc1cccc(NC(=O)C(N)c2ccc(C(=O)NC3=NN(c4ccccc4)CC3N)cc2)c1. The second-order valence-electron chi connectivity index (χ2n) is 7.78. The van der Waals surface area contributed by atoms with E-state index < -0.39 is 12.1 Å². The predicted molar refractivity (Wildman–Crippen MR) is 132 cm³/mol. The van der Waals surface area contributed by atoms with Crippen LogP contribution in [0, 0.1) is 0 Å². The van der Waals surface area contributed by atoms with Crippen molar-refractivity contribution in [3.05, 3.63) is 90.0 Å². The van der Waals surface area contributed by atoms with Gasteiger partial charge in [0, 0.05) is 17.3 Å². The maximum atomic E-state index is 12.7. The van der Waals surface area contributed by atoms with E-state index in [1.807, 2.05) is 30.3 Å². The average molecular weight is 459 g/mol. The first-order valence-corrected chi connectivity index (χ1v) is 10.7. The van der Waals surface area contributed by atoms with Gasteiger partial charge in [0.1, 0.15) is 17.6 Å². The Hall–Kier alpha value is -4.21. The number of hydrazone groups is 1. The number of hydrogen-bond donors (Lipinski definition) is 4. The summed E-state index contributed by atoms with van der Waals surface area (Å²) in [5.74, 6) is 0.301. The molecule has 0 fully saturated rings. The van der Waals surface area contributed by atoms with Crippen molar-refractivity contribution in [2.45, 2.75) is 12.1 Å². The zero-order valence-electron chi connectivity index (χ0n) is 18.6. The van der Waals surface area contributed by atoms with E-state index in [4.69, 9.17) is 16.2 Å². The molecule has 0 bridgehead atoms. The number of methoxy groups -OCH3 is 1. The topological polar surface area (TPSA) is 135 Å². The van der Waals surface area contributed by atoms with Gasteiger partial charge in [-0.1, -0.05) is 36.4 Å². The second kappa shape index (κ2) is 10.2. The third-order valence-corrected chi connectivity index (χ3v) is 5.40. The molecule has 9 heteroatoms. The van der Waals surface area contributed by atoms with Gasteiger partial charge in [0.15, 0.2) is 0 Å². The summed E-state index contributed by atoms with van der Waals surface area (Å²) in [6, 6.07) is 21.8. The zero-order chi connectivity index (χ0) is 24.1. The fourth-order valence-corrected chi connectivity index (χ4v) is 3.50. The number of nitrogens with one attached hydrogen (secondary N) is 2. The first-order valence-electron chi connectivity index (χ1n) is 10.7. The van der Waals surface area contributed by atoms with Crippen molar-refractivity contribution in [3.8, 4) is 5.75 Å². The number of carbonyl (C=O) groups excluding carboxylic acids is 2. The van der Waals surface area contributed by atoms with Gasteiger partial charge in [0.05, 0.1) is 25.4 Å². The maximum absolute atomic E-state index is 12.7. The summed E-state index contributed by atoms with van der Waals surface area (Å²) in [4.78, 5) is 25.3. The van der Waals surface area contributed by atoms with Crippen LogP contribution in [0.1, 0.15) is 22.0 Å². The number of amidine groups is 1. The summed E-state index contributed by atoms with van der Waals surface area (Å²) < 4.78 is 5.16. The number of anilines is 2. The van der Waals surface area contributed by atoms with E-state index in [2.05, 4.69) is 15.7 Å². The summed E-state index contributed by atoms with van der Waals surface area (Å²) in [5.41, 5.74) is 14.7. The Kier molecular flexibility index (Phi) is 6.86. The van der Waals surface area contributed by atoms with E-state index in [9.17, 15) is 9.59 Å². The van der Waals surface area contributed by atoms with Gasteiger partial charge < -0.3 is 26.8 Å². The molecule has 3 aromatic carbocycles. The molecule has 1 heterocycles. The minimum absolute atomic E-state index is 0.343. The molecule has 4 rings (SSSR count). The Balaban J connectivity index is 1.38. The van der Waals surface area contributed by atoms with E-state index in [0.29, 0.717) is 34.9 Å². The Labute approximate surface area is 197 Å². The molecule has 0 aromatic heterocycles. The smallest absolute Gasteiger partial charge is 0.256 e. The molecule has 1 aliphatic heterocycles. The van der Waals surface area contributed by atoms with E-state index >= 15 is 0 Å². The number of ether oxygens (including phenoxy) is 1. The maximum Gasteiger partial charge on any atom is 0.256 e. The highest BCUT2D eigenvalue weighted by Crippen LogP contribution is 2.20. The van der Waals surface area contributed by atoms with Crippen LogP contribution in [0.25, 0.3) is 0 Å². The Morgan fingerprint density at radius 3 is 2.47 bits per heavy atom. The van der Waals surface area contributed by atoms with Gasteiger partial charge in [-0.2, -0.15) is 5.10 Å². The van der Waals surface area contributed by atoms with Gasteiger partial charge >= 0.3 is 0 Å². The van der Waals surface area contributed by atoms with Gasteiger partial charge in [-0.25, -0.2) is 0 Å². The lowest BCUT2D eigenvalue weighted by Gasteiger charge is -2.14. The standard InChI is InChI=1S/C25H26N6O3/c1-34-20-9-5-6-18(14-20)28-25(33)22(27)16-10-12-17(13-11-16)24(32)29-23-21(26)15-31(30-23)19-7-3-2-4-8-19/h2-14,21-22H,15,26-27H2,1H3,(H,28,33)(H,29,30,32). The minimum atomic E-state index is -0.907. The Bertz CT molecular complexity index is 1200. The number of hydrogen-bond acceptors (Lipinski definition) is 7. The van der Waals surface area contributed by atoms with Crippen LogP contribution in [0.15, 0.2) is 84.0 Å². The van der Waals surface area contributed by atoms with Crippen molar-refractivity contribution in [2.24, 2.45) is 16.6 Å². The van der Waals surface area contributed by atoms with Crippen molar-refractivity contribution in [3.63, 3.8) is 0 Å². The molecule has 0 radical (unpaired) electrons. The number of nitrogens with two attached hydrogens (primary N) is 2. The molecule has 1 aliphatic rings. The molecule has 0 saturated heterocycles. The quantitative estimate of drug-likeness (QED) is 0.447. The molecule has 2 unspecified atom stereocenters. The molecule has 2 atom stereocenters. The van der Waals surface area contributed by atoms with E-state index in [0.717, 1.165) is 5.69 Å². The summed E-state index contributed by atoms with van der Waals surface area (Å²) in [7, 11) is 1.55. The minimum Gasteiger partial charge on any atom is -0.497 e. The normalized spacial score (nSPS) is 15.9. The highest BCUT2D eigenvalue weighted by atomic mass is 16.5. The Morgan fingerprint density at radius 1 is 1.03 bits per heavy atom. The highest BCUT2D eigenvalue weighted by Gasteiger charge is 2.26. The summed E-state index contributed by atoms with van der Waals surface area (Å²) >= 11 is 0. The Morgan fingerprint density at radius 2 is 1.76 bits per heavy atom. The number of nitrogens with zero attached hydrogens (tertiary/aromatic N) is 2. The summed E-state index contributed by atoms with van der Waals surface area (Å²) in [6.45, 7) is 0.468. The van der Waals surface area contributed by atoms with Crippen LogP contribution in [0.3, 0.4) is 0 Å². The third kappa shape index (κ3) is 5.22. The molecular formula is C25H26N6O3. The predicted octanol–water partition coefficient (Wildman–Crippen LogP) is 2.22. The van der Waals surface area contributed by atoms with E-state index in [1.165, 1.54) is 0 Å². The van der Waals surface area contributed by atoms with Crippen molar-refractivity contribution in [1.82, 2.24) is 5.32 Å². The van der Waals surface area contributed by atoms with E-state index in [1.54, 1.807) is 60.6 Å². The van der Waals surface area contributed by atoms with Crippen molar-refractivity contribution in [2.75, 3.05) is 24.0 Å². The summed E-state index contributed by atoms with van der Waals surface area (Å²) in [6.07, 6.45) is 0. The van der Waals surface area contributed by atoms with Gasteiger partial charge in [-0.05, 0) is 42.0 Å². The van der Waals surface area contributed by atoms with Crippen molar-refractivity contribution >= 4 is 29.0 Å². The largest absolute Gasteiger partial charge is 0.497 e. The highest BCUT2D eigenvalue weighted by molar-refractivity contribution is 6.09. The van der Waals surface area contributed by atoms with Crippen LogP contribution in [0.5, 0.6) is 5.75 Å². The van der Waals surface area contributed by atoms with Gasteiger partial charge in [-0.15, -0.1) is 0 Å². The number of para-hydroxylation sites is 1. The van der Waals surface area contributed by atoms with Gasteiger partial charge in [-0.3, -0.25) is 14.6 Å². The summed E-state index contributed by atoms with van der Waals surface area (Å²) in [5, 5.41) is 11.7. The number of rotatable bonds is 6. The van der Waals surface area contributed by atoms with Crippen molar-refractivity contribution < 1.29 is 14.3 Å². The van der Waals surface area contributed by atoms with Gasteiger partial charge in [0.25, 0.3) is 5.91 Å². The van der Waals surface area contributed by atoms with Crippen LogP contribution < -0.4 is 31.8 Å². The molecule has 3 aromatic rings. The molecule has 0 spiro atoms. The fraction of sp³-hybridized carbons (Fsp3) is 0.160. The number of amides is 2. The molecule has 2 amide bonds. The zero-order valence-corrected chi connectivity index (χ0v) is 18.6. The molecule has 9 nitrogen and oxygen atoms in total. The lowest BCUT2D eigenvalue weighted by Crippen LogP contribution is -2.43. The molecule has 174 valence electrons. The average Bonchev–Trinajstić information content (AvgIpc) is 3.24. The molecule has 34 heavy (non-hydrogen) atoms. The molecule has 6 N–H and O–H groups in total. The van der Waals surface area contributed by atoms with Crippen LogP contribution in [-0.4, -0.2) is 37.3 Å². The first-order chi connectivity index (χ1) is 16.4. The number of benzene rings is 3. The second-order valence-corrected chi connectivity index (χ2v) is 7.78. The lowest BCUT2D eigenvalue weighted by molar-refractivity contribution is -0.117. The molecule has 0 saturated carbocycles. The fourth-order valence-electron chi connectivity index (χ4n) is 3.50. The number of carbonyl (C=O) groups is 2. The van der Waals surface area contributed by atoms with Crippen LogP contribution >= 0.6 is 0 Å². The van der Waals surface area contributed by atoms with Gasteiger partial charge in [0.2, 0.25) is 5.91 Å². The first kappa shape index (κ1) is 23.0. The van der Waals surface area contributed by atoms with Crippen molar-refractivity contribution in [1.29, 1.82) is 0 Å². The van der Waals surface area contributed by atoms with E-state index in [-0.39, 0.29) is 11.8 Å². The molecular weight excluding hydrogens is 432 g/mol. The van der Waals surface area contributed by atoms with Crippen LogP contribution in [0.4, 0.5) is 11.4 Å². The van der Waals surface area contributed by atoms with Crippen LogP contribution in [-0.2, 0) is 4.79 Å². The molecule has 0 aliphatic carbocycles. The lowest BCUT2D eigenvalue weighted by atomic mass is 10.0. The third-order valence-electron chi connectivity index (χ3n) is 5.40.